The summed E-state index contributed by atoms with van der Waals surface area (Å²) in [5, 5.41) is 2.96. The highest BCUT2D eigenvalue weighted by Gasteiger charge is 2.40. The Bertz CT molecular complexity index is 1440. The maximum atomic E-state index is 14.0. The number of methoxy groups -OCH3 is 1. The van der Waals surface area contributed by atoms with Gasteiger partial charge in [-0.1, -0.05) is 115 Å². The van der Waals surface area contributed by atoms with E-state index in [-0.39, 0.29) is 19.6 Å². The van der Waals surface area contributed by atoms with Crippen molar-refractivity contribution in [1.29, 1.82) is 0 Å². The minimum absolute atomic E-state index is 0.0844. The highest BCUT2D eigenvalue weighted by atomic mass is 16.6. The van der Waals surface area contributed by atoms with Crippen molar-refractivity contribution >= 4 is 18.0 Å². The van der Waals surface area contributed by atoms with Crippen molar-refractivity contribution in [1.82, 2.24) is 10.2 Å². The second-order valence-corrected chi connectivity index (χ2v) is 9.97. The smallest absolute Gasteiger partial charge is 0.411 e. The van der Waals surface area contributed by atoms with E-state index >= 15 is 0 Å². The molecule has 208 valence electrons. The summed E-state index contributed by atoms with van der Waals surface area (Å²) in [5.41, 5.74) is 4.46. The molecule has 0 fully saturated rings. The molecule has 1 aliphatic rings. The van der Waals surface area contributed by atoms with E-state index in [0.717, 1.165) is 27.8 Å². The highest BCUT2D eigenvalue weighted by molar-refractivity contribution is 5.91. The van der Waals surface area contributed by atoms with Gasteiger partial charge in [0.2, 0.25) is 5.91 Å². The SMILES string of the molecule is COC(=O)[C@@H](NC(=O)[C@@H]1Cc2ccccc2CN1C(=O)OCc1ccccc1)C(c1ccccc1)c1ccccc1. The third kappa shape index (κ3) is 6.47. The molecule has 0 radical (unpaired) electrons. The maximum absolute atomic E-state index is 14.0. The van der Waals surface area contributed by atoms with Crippen LogP contribution in [0, 0.1) is 0 Å². The number of nitrogens with zero attached hydrogens (tertiary/aromatic N) is 1. The van der Waals surface area contributed by atoms with Gasteiger partial charge in [-0.15, -0.1) is 0 Å². The molecule has 2 atom stereocenters. The molecule has 1 heterocycles. The van der Waals surface area contributed by atoms with Crippen LogP contribution in [0.5, 0.6) is 0 Å². The Kier molecular flexibility index (Phi) is 8.74. The quantitative estimate of drug-likeness (QED) is 0.305. The van der Waals surface area contributed by atoms with Crippen LogP contribution in [0.3, 0.4) is 0 Å². The van der Waals surface area contributed by atoms with E-state index in [1.165, 1.54) is 12.0 Å². The Morgan fingerprint density at radius 1 is 0.780 bits per heavy atom. The van der Waals surface area contributed by atoms with E-state index in [9.17, 15) is 14.4 Å². The molecule has 0 spiro atoms. The number of fused-ring (bicyclic) bond motifs is 1. The minimum atomic E-state index is -1.03. The van der Waals surface area contributed by atoms with E-state index in [4.69, 9.17) is 9.47 Å². The lowest BCUT2D eigenvalue weighted by atomic mass is 9.84. The molecule has 0 unspecified atom stereocenters. The van der Waals surface area contributed by atoms with E-state index in [2.05, 4.69) is 5.32 Å². The Labute approximate surface area is 239 Å². The van der Waals surface area contributed by atoms with Gasteiger partial charge >= 0.3 is 12.1 Å². The molecule has 5 rings (SSSR count). The summed E-state index contributed by atoms with van der Waals surface area (Å²) in [4.78, 5) is 42.1. The second-order valence-electron chi connectivity index (χ2n) is 9.97. The number of amides is 2. The first-order valence-corrected chi connectivity index (χ1v) is 13.6. The Morgan fingerprint density at radius 3 is 1.90 bits per heavy atom. The van der Waals surface area contributed by atoms with Gasteiger partial charge in [-0.2, -0.15) is 0 Å². The standard InChI is InChI=1S/C34H32N2O5/c1-40-33(38)31(30(25-15-7-3-8-16-25)26-17-9-4-10-18-26)35-32(37)29-21-27-19-11-12-20-28(27)22-36(29)34(39)41-23-24-13-5-2-6-14-24/h2-20,29-31H,21-23H2,1H3,(H,35,37)/t29-,31-/m0/s1. The zero-order valence-corrected chi connectivity index (χ0v) is 22.8. The number of hydrogen-bond donors (Lipinski definition) is 1. The van der Waals surface area contributed by atoms with E-state index < -0.39 is 36.0 Å². The number of carbonyl (C=O) groups is 3. The second kappa shape index (κ2) is 13.0. The van der Waals surface area contributed by atoms with Gasteiger partial charge in [-0.3, -0.25) is 9.69 Å². The molecule has 0 saturated heterocycles. The maximum Gasteiger partial charge on any atom is 0.411 e. The van der Waals surface area contributed by atoms with Crippen LogP contribution in [0.2, 0.25) is 0 Å². The molecule has 2 amide bonds. The summed E-state index contributed by atoms with van der Waals surface area (Å²) in [5.74, 6) is -1.54. The topological polar surface area (TPSA) is 84.9 Å². The van der Waals surface area contributed by atoms with Crippen LogP contribution in [0.25, 0.3) is 0 Å². The van der Waals surface area contributed by atoms with Crippen molar-refractivity contribution < 1.29 is 23.9 Å². The molecule has 0 saturated carbocycles. The molecule has 0 aliphatic carbocycles. The average Bonchev–Trinajstić information content (AvgIpc) is 3.03. The van der Waals surface area contributed by atoms with Crippen molar-refractivity contribution in [3.8, 4) is 0 Å². The Balaban J connectivity index is 1.45. The van der Waals surface area contributed by atoms with Gasteiger partial charge in [-0.05, 0) is 27.8 Å². The van der Waals surface area contributed by atoms with Crippen LogP contribution < -0.4 is 5.32 Å². The molecule has 7 heteroatoms. The number of rotatable bonds is 8. The molecular formula is C34H32N2O5. The van der Waals surface area contributed by atoms with E-state index in [0.29, 0.717) is 0 Å². The Hall–Kier alpha value is -4.91. The molecule has 7 nitrogen and oxygen atoms in total. The fourth-order valence-corrected chi connectivity index (χ4v) is 5.30. The summed E-state index contributed by atoms with van der Waals surface area (Å²) in [7, 11) is 1.30. The van der Waals surface area contributed by atoms with Crippen LogP contribution in [0.1, 0.15) is 33.7 Å². The number of ether oxygens (including phenoxy) is 2. The lowest BCUT2D eigenvalue weighted by Gasteiger charge is -2.36. The van der Waals surface area contributed by atoms with Crippen molar-refractivity contribution in [3.05, 3.63) is 143 Å². The van der Waals surface area contributed by atoms with Crippen molar-refractivity contribution in [2.24, 2.45) is 0 Å². The predicted molar refractivity (Wildman–Crippen MR) is 155 cm³/mol. The summed E-state index contributed by atoms with van der Waals surface area (Å²) in [6.07, 6.45) is -0.307. The number of esters is 1. The summed E-state index contributed by atoms with van der Waals surface area (Å²) >= 11 is 0. The number of carbonyl (C=O) groups excluding carboxylic acids is 3. The van der Waals surface area contributed by atoms with E-state index in [1.807, 2.05) is 115 Å². The van der Waals surface area contributed by atoms with Crippen molar-refractivity contribution in [2.45, 2.75) is 37.6 Å². The van der Waals surface area contributed by atoms with Gasteiger partial charge < -0.3 is 14.8 Å². The van der Waals surface area contributed by atoms with Gasteiger partial charge in [0.25, 0.3) is 0 Å². The van der Waals surface area contributed by atoms with Gasteiger partial charge in [0.1, 0.15) is 18.7 Å². The molecule has 0 aromatic heterocycles. The first kappa shape index (κ1) is 27.6. The molecule has 1 N–H and O–H groups in total. The third-order valence-corrected chi connectivity index (χ3v) is 7.39. The molecule has 4 aromatic carbocycles. The molecule has 4 aromatic rings. The van der Waals surface area contributed by atoms with Crippen LogP contribution >= 0.6 is 0 Å². The van der Waals surface area contributed by atoms with Crippen LogP contribution in [0.15, 0.2) is 115 Å². The lowest BCUT2D eigenvalue weighted by molar-refractivity contribution is -0.146. The fourth-order valence-electron chi connectivity index (χ4n) is 5.30. The molecular weight excluding hydrogens is 516 g/mol. The average molecular weight is 549 g/mol. The van der Waals surface area contributed by atoms with Gasteiger partial charge in [0, 0.05) is 12.3 Å². The van der Waals surface area contributed by atoms with Crippen molar-refractivity contribution in [2.75, 3.05) is 7.11 Å². The fraction of sp³-hybridized carbons (Fsp3) is 0.206. The number of benzene rings is 4. The van der Waals surface area contributed by atoms with Gasteiger partial charge in [0.05, 0.1) is 13.7 Å². The molecule has 1 aliphatic heterocycles. The summed E-state index contributed by atoms with van der Waals surface area (Å²) in [6, 6.07) is 34.2. The Morgan fingerprint density at radius 2 is 1.32 bits per heavy atom. The summed E-state index contributed by atoms with van der Waals surface area (Å²) in [6.45, 7) is 0.298. The highest BCUT2D eigenvalue weighted by Crippen LogP contribution is 2.30. The van der Waals surface area contributed by atoms with Crippen LogP contribution in [0.4, 0.5) is 4.79 Å². The van der Waals surface area contributed by atoms with E-state index in [1.54, 1.807) is 0 Å². The number of hydrogen-bond acceptors (Lipinski definition) is 5. The lowest BCUT2D eigenvalue weighted by Crippen LogP contribution is -2.56. The molecule has 0 bridgehead atoms. The first-order valence-electron chi connectivity index (χ1n) is 13.6. The van der Waals surface area contributed by atoms with Crippen LogP contribution in [-0.4, -0.2) is 42.1 Å². The molecule has 41 heavy (non-hydrogen) atoms. The van der Waals surface area contributed by atoms with Gasteiger partial charge in [0.15, 0.2) is 0 Å². The zero-order chi connectivity index (χ0) is 28.6. The van der Waals surface area contributed by atoms with Gasteiger partial charge in [-0.25, -0.2) is 9.59 Å². The normalized spacial score (nSPS) is 15.0. The predicted octanol–water partition coefficient (Wildman–Crippen LogP) is 5.24. The largest absolute Gasteiger partial charge is 0.467 e. The minimum Gasteiger partial charge on any atom is -0.467 e. The zero-order valence-electron chi connectivity index (χ0n) is 22.8. The van der Waals surface area contributed by atoms with Crippen LogP contribution in [-0.2, 0) is 38.6 Å². The summed E-state index contributed by atoms with van der Waals surface area (Å²) < 4.78 is 10.8. The number of nitrogens with one attached hydrogen (secondary N) is 1. The first-order chi connectivity index (χ1) is 20.0. The monoisotopic (exact) mass is 548 g/mol. The van der Waals surface area contributed by atoms with Crippen molar-refractivity contribution in [3.63, 3.8) is 0 Å². The third-order valence-electron chi connectivity index (χ3n) is 7.39.